The van der Waals surface area contributed by atoms with Gasteiger partial charge in [-0.15, -0.1) is 0 Å². The van der Waals surface area contributed by atoms with Gasteiger partial charge in [-0.25, -0.2) is 4.79 Å². The number of hydrogen-bond donors (Lipinski definition) is 1. The molecule has 0 aliphatic heterocycles. The second kappa shape index (κ2) is 5.23. The number of ether oxygens (including phenoxy) is 1. The molecule has 0 saturated carbocycles. The number of hydrogen-bond acceptors (Lipinski definition) is 2. The van der Waals surface area contributed by atoms with Crippen molar-refractivity contribution < 1.29 is 14.6 Å². The molecule has 0 saturated heterocycles. The van der Waals surface area contributed by atoms with Crippen LogP contribution in [-0.2, 0) is 9.53 Å². The smallest absolute Gasteiger partial charge is 0.332 e. The number of aliphatic carboxylic acids is 1. The van der Waals surface area contributed by atoms with Crippen molar-refractivity contribution in [1.29, 1.82) is 0 Å². The fourth-order valence-corrected chi connectivity index (χ4v) is 0.732. The molecule has 3 heteroatoms. The molecule has 10 heavy (non-hydrogen) atoms. The van der Waals surface area contributed by atoms with E-state index >= 15 is 0 Å². The Morgan fingerprint density at radius 3 is 2.60 bits per heavy atom. The number of carboxylic acid groups (broad SMARTS) is 1. The monoisotopic (exact) mass is 146 g/mol. The van der Waals surface area contributed by atoms with Crippen molar-refractivity contribution >= 4 is 5.97 Å². The van der Waals surface area contributed by atoms with Crippen molar-refractivity contribution in [2.45, 2.75) is 32.3 Å². The molecule has 0 fully saturated rings. The molecule has 0 bridgehead atoms. The molecule has 0 aromatic heterocycles. The standard InChI is InChI=1S/C7H14O3/c1-3-4-5-6(10-2)7(8)9/h6H,3-5H2,1-2H3,(H,8,9)/t6-/m0/s1. The number of carbonyl (C=O) groups is 1. The molecule has 60 valence electrons. The van der Waals surface area contributed by atoms with Crippen LogP contribution in [0.25, 0.3) is 0 Å². The maximum atomic E-state index is 10.3. The van der Waals surface area contributed by atoms with E-state index in [0.717, 1.165) is 12.8 Å². The molecule has 0 unspecified atom stereocenters. The van der Waals surface area contributed by atoms with Gasteiger partial charge in [0.15, 0.2) is 6.10 Å². The van der Waals surface area contributed by atoms with Crippen molar-refractivity contribution in [3.05, 3.63) is 0 Å². The van der Waals surface area contributed by atoms with E-state index in [-0.39, 0.29) is 0 Å². The van der Waals surface area contributed by atoms with Gasteiger partial charge >= 0.3 is 5.97 Å². The van der Waals surface area contributed by atoms with Gasteiger partial charge in [-0.2, -0.15) is 0 Å². The lowest BCUT2D eigenvalue weighted by Crippen LogP contribution is -2.21. The molecule has 0 radical (unpaired) electrons. The number of unbranched alkanes of at least 4 members (excludes halogenated alkanes) is 1. The average molecular weight is 146 g/mol. The van der Waals surface area contributed by atoms with E-state index in [9.17, 15) is 4.79 Å². The van der Waals surface area contributed by atoms with Crippen LogP contribution in [0.4, 0.5) is 0 Å². The van der Waals surface area contributed by atoms with Crippen molar-refractivity contribution in [3.63, 3.8) is 0 Å². The molecular formula is C7H14O3. The van der Waals surface area contributed by atoms with E-state index in [1.807, 2.05) is 6.92 Å². The first-order valence-electron chi connectivity index (χ1n) is 3.48. The summed E-state index contributed by atoms with van der Waals surface area (Å²) in [6.07, 6.45) is 1.92. The van der Waals surface area contributed by atoms with E-state index in [1.165, 1.54) is 7.11 Å². The zero-order valence-electron chi connectivity index (χ0n) is 6.46. The fourth-order valence-electron chi connectivity index (χ4n) is 0.732. The maximum absolute atomic E-state index is 10.3. The first-order valence-corrected chi connectivity index (χ1v) is 3.48. The van der Waals surface area contributed by atoms with E-state index in [1.54, 1.807) is 0 Å². The van der Waals surface area contributed by atoms with Gasteiger partial charge in [-0.05, 0) is 6.42 Å². The van der Waals surface area contributed by atoms with E-state index in [4.69, 9.17) is 9.84 Å². The minimum atomic E-state index is -0.865. The topological polar surface area (TPSA) is 46.5 Å². The second-order valence-corrected chi connectivity index (χ2v) is 2.20. The SMILES string of the molecule is CCCC[C@H](OC)C(=O)O. The summed E-state index contributed by atoms with van der Waals surface area (Å²) in [5.41, 5.74) is 0. The minimum Gasteiger partial charge on any atom is -0.479 e. The molecule has 1 atom stereocenters. The summed E-state index contributed by atoms with van der Waals surface area (Å²) < 4.78 is 4.71. The van der Waals surface area contributed by atoms with Crippen LogP contribution in [0.5, 0.6) is 0 Å². The third kappa shape index (κ3) is 3.45. The van der Waals surface area contributed by atoms with Gasteiger partial charge in [0.1, 0.15) is 0 Å². The average Bonchev–Trinajstić information content (AvgIpc) is 1.89. The maximum Gasteiger partial charge on any atom is 0.332 e. The summed E-state index contributed by atoms with van der Waals surface area (Å²) >= 11 is 0. The van der Waals surface area contributed by atoms with Gasteiger partial charge in [0.25, 0.3) is 0 Å². The summed E-state index contributed by atoms with van der Waals surface area (Å²) in [5, 5.41) is 8.47. The van der Waals surface area contributed by atoms with Gasteiger partial charge < -0.3 is 9.84 Å². The number of carboxylic acids is 1. The van der Waals surface area contributed by atoms with Crippen molar-refractivity contribution in [2.24, 2.45) is 0 Å². The van der Waals surface area contributed by atoms with Crippen LogP contribution in [0.15, 0.2) is 0 Å². The van der Waals surface area contributed by atoms with Crippen LogP contribution in [-0.4, -0.2) is 24.3 Å². The lowest BCUT2D eigenvalue weighted by atomic mass is 10.2. The van der Waals surface area contributed by atoms with E-state index in [2.05, 4.69) is 0 Å². The highest BCUT2D eigenvalue weighted by Gasteiger charge is 2.14. The van der Waals surface area contributed by atoms with Crippen molar-refractivity contribution in [1.82, 2.24) is 0 Å². The van der Waals surface area contributed by atoms with Gasteiger partial charge in [-0.1, -0.05) is 19.8 Å². The first-order chi connectivity index (χ1) is 4.72. The van der Waals surface area contributed by atoms with Crippen molar-refractivity contribution in [3.8, 4) is 0 Å². The second-order valence-electron chi connectivity index (χ2n) is 2.20. The zero-order chi connectivity index (χ0) is 7.98. The summed E-state index contributed by atoms with van der Waals surface area (Å²) in [5.74, 6) is -0.865. The van der Waals surface area contributed by atoms with Crippen LogP contribution in [0, 0.1) is 0 Å². The first kappa shape index (κ1) is 9.43. The zero-order valence-corrected chi connectivity index (χ0v) is 6.46. The Labute approximate surface area is 61.0 Å². The largest absolute Gasteiger partial charge is 0.479 e. The predicted octanol–water partition coefficient (Wildman–Crippen LogP) is 1.28. The molecular weight excluding hydrogens is 132 g/mol. The number of methoxy groups -OCH3 is 1. The Bertz CT molecular complexity index is 101. The summed E-state index contributed by atoms with van der Waals surface area (Å²) in [7, 11) is 1.43. The molecule has 3 nitrogen and oxygen atoms in total. The molecule has 0 aromatic rings. The predicted molar refractivity (Wildman–Crippen MR) is 38.0 cm³/mol. The van der Waals surface area contributed by atoms with Gasteiger partial charge in [0, 0.05) is 7.11 Å². The normalized spacial score (nSPS) is 13.0. The molecule has 0 heterocycles. The highest BCUT2D eigenvalue weighted by Crippen LogP contribution is 2.03. The molecule has 0 aliphatic carbocycles. The van der Waals surface area contributed by atoms with E-state index in [0.29, 0.717) is 6.42 Å². The molecule has 1 N–H and O–H groups in total. The van der Waals surface area contributed by atoms with Gasteiger partial charge in [-0.3, -0.25) is 0 Å². The quantitative estimate of drug-likeness (QED) is 0.635. The lowest BCUT2D eigenvalue weighted by Gasteiger charge is -2.07. The fraction of sp³-hybridized carbons (Fsp3) is 0.857. The van der Waals surface area contributed by atoms with Crippen LogP contribution in [0.3, 0.4) is 0 Å². The minimum absolute atomic E-state index is 0.611. The summed E-state index contributed by atoms with van der Waals surface area (Å²) in [6, 6.07) is 0. The Morgan fingerprint density at radius 1 is 1.70 bits per heavy atom. The lowest BCUT2D eigenvalue weighted by molar-refractivity contribution is -0.148. The van der Waals surface area contributed by atoms with Crippen LogP contribution in [0.1, 0.15) is 26.2 Å². The highest BCUT2D eigenvalue weighted by atomic mass is 16.5. The Hall–Kier alpha value is -0.570. The Balaban J connectivity index is 3.50. The third-order valence-corrected chi connectivity index (χ3v) is 1.38. The molecule has 0 aliphatic rings. The molecule has 0 amide bonds. The van der Waals surface area contributed by atoms with Crippen molar-refractivity contribution in [2.75, 3.05) is 7.11 Å². The Kier molecular flexibility index (Phi) is 4.94. The summed E-state index contributed by atoms with van der Waals surface area (Å²) in [6.45, 7) is 2.02. The van der Waals surface area contributed by atoms with Crippen LogP contribution in [0.2, 0.25) is 0 Å². The third-order valence-electron chi connectivity index (χ3n) is 1.38. The molecule has 0 spiro atoms. The molecule has 0 aromatic carbocycles. The highest BCUT2D eigenvalue weighted by molar-refractivity contribution is 5.72. The van der Waals surface area contributed by atoms with E-state index < -0.39 is 12.1 Å². The summed E-state index contributed by atoms with van der Waals surface area (Å²) in [4.78, 5) is 10.3. The number of rotatable bonds is 5. The van der Waals surface area contributed by atoms with Crippen LogP contribution >= 0.6 is 0 Å². The van der Waals surface area contributed by atoms with Gasteiger partial charge in [0.2, 0.25) is 0 Å². The van der Waals surface area contributed by atoms with Crippen LogP contribution < -0.4 is 0 Å². The van der Waals surface area contributed by atoms with Gasteiger partial charge in [0.05, 0.1) is 0 Å². The Morgan fingerprint density at radius 2 is 2.30 bits per heavy atom. The molecule has 0 rings (SSSR count).